The number of hydrogen-bond donors (Lipinski definition) is 2. The molecule has 0 bridgehead atoms. The van der Waals surface area contributed by atoms with E-state index in [0.717, 1.165) is 5.56 Å². The monoisotopic (exact) mass is 407 g/mol. The zero-order chi connectivity index (χ0) is 18.5. The third kappa shape index (κ3) is 4.49. The normalized spacial score (nSPS) is 10.7. The van der Waals surface area contributed by atoms with Gasteiger partial charge in [-0.3, -0.25) is 4.79 Å². The number of nitrogens with zero attached hydrogens (tertiary/aromatic N) is 3. The van der Waals surface area contributed by atoms with Gasteiger partial charge in [0.1, 0.15) is 0 Å². The minimum absolute atomic E-state index is 0.132. The van der Waals surface area contributed by atoms with Gasteiger partial charge in [0.05, 0.1) is 10.8 Å². The van der Waals surface area contributed by atoms with Crippen LogP contribution in [-0.2, 0) is 11.3 Å². The molecule has 1 amide bonds. The molecule has 1 heterocycles. The summed E-state index contributed by atoms with van der Waals surface area (Å²) in [7, 11) is 0. The van der Waals surface area contributed by atoms with Crippen LogP contribution in [0.3, 0.4) is 0 Å². The summed E-state index contributed by atoms with van der Waals surface area (Å²) >= 11 is 13.2. The molecule has 0 saturated carbocycles. The molecule has 3 rings (SSSR count). The summed E-state index contributed by atoms with van der Waals surface area (Å²) in [6.07, 6.45) is 0. The van der Waals surface area contributed by atoms with Crippen LogP contribution in [0.1, 0.15) is 5.56 Å². The van der Waals surface area contributed by atoms with Crippen LogP contribution in [0.4, 0.5) is 0 Å². The maximum absolute atomic E-state index is 12.0. The summed E-state index contributed by atoms with van der Waals surface area (Å²) in [5.74, 6) is 6.52. The second kappa shape index (κ2) is 8.44. The van der Waals surface area contributed by atoms with E-state index < -0.39 is 0 Å². The summed E-state index contributed by atoms with van der Waals surface area (Å²) in [6.45, 7) is 0.427. The Bertz CT molecular complexity index is 914. The molecule has 6 nitrogen and oxygen atoms in total. The van der Waals surface area contributed by atoms with E-state index in [9.17, 15) is 4.79 Å². The third-order valence-corrected chi connectivity index (χ3v) is 5.04. The lowest BCUT2D eigenvalue weighted by Crippen LogP contribution is -2.25. The van der Waals surface area contributed by atoms with E-state index in [1.165, 1.54) is 16.4 Å². The summed E-state index contributed by atoms with van der Waals surface area (Å²) < 4.78 is 1.33. The van der Waals surface area contributed by atoms with Gasteiger partial charge in [0.2, 0.25) is 11.1 Å². The van der Waals surface area contributed by atoms with Gasteiger partial charge < -0.3 is 11.2 Å². The van der Waals surface area contributed by atoms with E-state index in [1.54, 1.807) is 18.2 Å². The van der Waals surface area contributed by atoms with Gasteiger partial charge in [-0.1, -0.05) is 59.2 Å². The van der Waals surface area contributed by atoms with Crippen molar-refractivity contribution in [1.29, 1.82) is 0 Å². The summed E-state index contributed by atoms with van der Waals surface area (Å²) in [6, 6.07) is 14.5. The second-order valence-corrected chi connectivity index (χ2v) is 7.13. The predicted octanol–water partition coefficient (Wildman–Crippen LogP) is 3.37. The van der Waals surface area contributed by atoms with Crippen LogP contribution < -0.4 is 11.2 Å². The van der Waals surface area contributed by atoms with Gasteiger partial charge in [0.15, 0.2) is 5.82 Å². The molecule has 0 fully saturated rings. The van der Waals surface area contributed by atoms with E-state index >= 15 is 0 Å². The average molecular weight is 408 g/mol. The fraction of sp³-hybridized carbons (Fsp3) is 0.118. The van der Waals surface area contributed by atoms with Crippen LogP contribution in [0.25, 0.3) is 11.4 Å². The Morgan fingerprint density at radius 2 is 1.85 bits per heavy atom. The van der Waals surface area contributed by atoms with Crippen molar-refractivity contribution in [1.82, 2.24) is 20.2 Å². The van der Waals surface area contributed by atoms with Crippen LogP contribution in [0, 0.1) is 0 Å². The maximum Gasteiger partial charge on any atom is 0.230 e. The first-order chi connectivity index (χ1) is 12.5. The number of nitrogen functional groups attached to an aromatic ring is 1. The maximum atomic E-state index is 12.0. The van der Waals surface area contributed by atoms with Gasteiger partial charge in [0, 0.05) is 17.1 Å². The lowest BCUT2D eigenvalue weighted by molar-refractivity contribution is -0.118. The van der Waals surface area contributed by atoms with E-state index in [-0.39, 0.29) is 11.7 Å². The zero-order valence-electron chi connectivity index (χ0n) is 13.5. The Morgan fingerprint density at radius 3 is 2.58 bits per heavy atom. The highest BCUT2D eigenvalue weighted by Gasteiger charge is 2.15. The van der Waals surface area contributed by atoms with Crippen molar-refractivity contribution in [3.8, 4) is 11.4 Å². The number of benzene rings is 2. The number of aromatic nitrogens is 3. The largest absolute Gasteiger partial charge is 0.351 e. The number of carbonyl (C=O) groups is 1. The predicted molar refractivity (Wildman–Crippen MR) is 105 cm³/mol. The molecule has 9 heteroatoms. The molecule has 3 aromatic rings. The van der Waals surface area contributed by atoms with E-state index in [2.05, 4.69) is 15.5 Å². The molecule has 0 atom stereocenters. The molecule has 0 radical (unpaired) electrons. The number of thioether (sulfide) groups is 1. The SMILES string of the molecule is Nn1c(SCC(=O)NCc2ccc(Cl)cc2)nnc1-c1ccccc1Cl. The third-order valence-electron chi connectivity index (χ3n) is 3.51. The fourth-order valence-electron chi connectivity index (χ4n) is 2.19. The first-order valence-corrected chi connectivity index (χ1v) is 9.38. The second-order valence-electron chi connectivity index (χ2n) is 5.35. The molecule has 3 N–H and O–H groups in total. The number of nitrogens with two attached hydrogens (primary N) is 1. The quantitative estimate of drug-likeness (QED) is 0.483. The van der Waals surface area contributed by atoms with E-state index in [0.29, 0.717) is 33.1 Å². The summed E-state index contributed by atoms with van der Waals surface area (Å²) in [4.78, 5) is 12.0. The molecule has 26 heavy (non-hydrogen) atoms. The van der Waals surface area contributed by atoms with Gasteiger partial charge in [-0.2, -0.15) is 0 Å². The molecule has 0 spiro atoms. The van der Waals surface area contributed by atoms with E-state index in [1.807, 2.05) is 30.3 Å². The Balaban J connectivity index is 1.57. The van der Waals surface area contributed by atoms with Gasteiger partial charge in [0.25, 0.3) is 0 Å². The highest BCUT2D eigenvalue weighted by Crippen LogP contribution is 2.27. The van der Waals surface area contributed by atoms with E-state index in [4.69, 9.17) is 29.0 Å². The standard InChI is InChI=1S/C17H15Cl2N5OS/c18-12-7-5-11(6-8-12)9-21-15(25)10-26-17-23-22-16(24(17)20)13-3-1-2-4-14(13)19/h1-8H,9-10,20H2,(H,21,25). The lowest BCUT2D eigenvalue weighted by Gasteiger charge is -2.06. The fourth-order valence-corrected chi connectivity index (χ4v) is 3.22. The van der Waals surface area contributed by atoms with Crippen molar-refractivity contribution in [2.45, 2.75) is 11.7 Å². The van der Waals surface area contributed by atoms with Crippen molar-refractivity contribution >= 4 is 40.9 Å². The number of carbonyl (C=O) groups excluding carboxylic acids is 1. The van der Waals surface area contributed by atoms with Crippen molar-refractivity contribution in [3.05, 3.63) is 64.1 Å². The highest BCUT2D eigenvalue weighted by atomic mass is 35.5. The Hall–Kier alpha value is -2.22. The molecule has 0 unspecified atom stereocenters. The van der Waals surface area contributed by atoms with Gasteiger partial charge in [-0.05, 0) is 29.8 Å². The minimum Gasteiger partial charge on any atom is -0.351 e. The van der Waals surface area contributed by atoms with Crippen molar-refractivity contribution in [3.63, 3.8) is 0 Å². The summed E-state index contributed by atoms with van der Waals surface area (Å²) in [5.41, 5.74) is 1.65. The number of halogens is 2. The Labute approximate surface area is 164 Å². The Kier molecular flexibility index (Phi) is 6.03. The molecule has 0 aliphatic heterocycles. The number of amides is 1. The Morgan fingerprint density at radius 1 is 1.12 bits per heavy atom. The molecule has 2 aromatic carbocycles. The summed E-state index contributed by atoms with van der Waals surface area (Å²) in [5, 5.41) is 12.6. The number of rotatable bonds is 6. The molecular formula is C17H15Cl2N5OS. The molecule has 0 aliphatic rings. The number of nitrogens with one attached hydrogen (secondary N) is 1. The first-order valence-electron chi connectivity index (χ1n) is 7.64. The van der Waals surface area contributed by atoms with Gasteiger partial charge in [-0.15, -0.1) is 10.2 Å². The van der Waals surface area contributed by atoms with Crippen molar-refractivity contribution in [2.75, 3.05) is 11.6 Å². The molecule has 0 saturated heterocycles. The van der Waals surface area contributed by atoms with Gasteiger partial charge >= 0.3 is 0 Å². The van der Waals surface area contributed by atoms with Gasteiger partial charge in [-0.25, -0.2) is 4.68 Å². The topological polar surface area (TPSA) is 85.8 Å². The zero-order valence-corrected chi connectivity index (χ0v) is 15.9. The molecule has 1 aromatic heterocycles. The van der Waals surface area contributed by atoms with Crippen LogP contribution in [0.2, 0.25) is 10.0 Å². The average Bonchev–Trinajstić information content (AvgIpc) is 3.00. The van der Waals surface area contributed by atoms with Crippen LogP contribution in [0.5, 0.6) is 0 Å². The minimum atomic E-state index is -0.132. The molecule has 134 valence electrons. The highest BCUT2D eigenvalue weighted by molar-refractivity contribution is 7.99. The van der Waals surface area contributed by atoms with Crippen molar-refractivity contribution < 1.29 is 4.79 Å². The van der Waals surface area contributed by atoms with Crippen molar-refractivity contribution in [2.24, 2.45) is 0 Å². The van der Waals surface area contributed by atoms with Crippen LogP contribution in [0.15, 0.2) is 53.7 Å². The molecule has 0 aliphatic carbocycles. The first kappa shape index (κ1) is 18.6. The number of hydrogen-bond acceptors (Lipinski definition) is 5. The molecular weight excluding hydrogens is 393 g/mol. The smallest absolute Gasteiger partial charge is 0.230 e. The van der Waals surface area contributed by atoms with Crippen LogP contribution in [-0.4, -0.2) is 26.5 Å². The lowest BCUT2D eigenvalue weighted by atomic mass is 10.2. The van der Waals surface area contributed by atoms with Crippen LogP contribution >= 0.6 is 35.0 Å².